The minimum absolute atomic E-state index is 0.158. The van der Waals surface area contributed by atoms with E-state index in [-0.39, 0.29) is 12.4 Å². The summed E-state index contributed by atoms with van der Waals surface area (Å²) in [5.74, 6) is 0.466. The molecule has 1 N–H and O–H groups in total. The van der Waals surface area contributed by atoms with Gasteiger partial charge in [-0.15, -0.1) is 11.3 Å². The molecule has 2 aromatic carbocycles. The largest absolute Gasteiger partial charge is 0.488 e. The van der Waals surface area contributed by atoms with E-state index in [0.717, 1.165) is 16.9 Å². The van der Waals surface area contributed by atoms with Gasteiger partial charge in [-0.05, 0) is 31.5 Å². The first-order valence-corrected chi connectivity index (χ1v) is 10.2. The predicted molar refractivity (Wildman–Crippen MR) is 116 cm³/mol. The maximum absolute atomic E-state index is 11.5. The number of anilines is 1. The lowest BCUT2D eigenvalue weighted by molar-refractivity contribution is -0.142. The first-order chi connectivity index (χ1) is 14.1. The molecule has 1 aromatic heterocycles. The van der Waals surface area contributed by atoms with Crippen LogP contribution in [-0.4, -0.2) is 23.8 Å². The monoisotopic (exact) mass is 409 g/mol. The molecule has 3 aromatic rings. The van der Waals surface area contributed by atoms with Crippen molar-refractivity contribution in [3.05, 3.63) is 76.3 Å². The molecule has 0 spiro atoms. The van der Waals surface area contributed by atoms with Gasteiger partial charge in [0.25, 0.3) is 0 Å². The molecule has 0 radical (unpaired) electrons. The van der Waals surface area contributed by atoms with Crippen LogP contribution in [0.25, 0.3) is 0 Å². The van der Waals surface area contributed by atoms with Crippen LogP contribution in [0.15, 0.2) is 59.0 Å². The molecule has 0 bridgehead atoms. The fourth-order valence-electron chi connectivity index (χ4n) is 2.52. The van der Waals surface area contributed by atoms with E-state index in [4.69, 9.17) is 9.47 Å². The lowest BCUT2D eigenvalue weighted by Crippen LogP contribution is -2.07. The summed E-state index contributed by atoms with van der Waals surface area (Å²) in [6, 6.07) is 16.0. The number of esters is 1. The van der Waals surface area contributed by atoms with E-state index in [1.807, 2.05) is 29.6 Å². The number of hydrogen-bond donors (Lipinski definition) is 1. The molecule has 0 amide bonds. The quantitative estimate of drug-likeness (QED) is 0.318. The first-order valence-electron chi connectivity index (χ1n) is 9.30. The van der Waals surface area contributed by atoms with Crippen molar-refractivity contribution in [3.8, 4) is 5.75 Å². The Kier molecular flexibility index (Phi) is 7.35. The number of hydrogen-bond acceptors (Lipinski definition) is 7. The highest BCUT2D eigenvalue weighted by atomic mass is 32.1. The normalized spacial score (nSPS) is 10.8. The van der Waals surface area contributed by atoms with Gasteiger partial charge in [0.1, 0.15) is 12.4 Å². The Morgan fingerprint density at radius 3 is 2.79 bits per heavy atom. The molecule has 3 rings (SSSR count). The Labute approximate surface area is 174 Å². The van der Waals surface area contributed by atoms with Gasteiger partial charge in [0.05, 0.1) is 24.9 Å². The van der Waals surface area contributed by atoms with Crippen molar-refractivity contribution in [1.29, 1.82) is 0 Å². The molecule has 6 nitrogen and oxygen atoms in total. The standard InChI is InChI=1S/C22H23N3O3S/c1-3-27-21(26)12-19-15-29-22(24-19)25-23-13-18-6-4-5-7-20(18)28-14-17-10-8-16(2)9-11-17/h4-11,13,15H,3,12,14H2,1-2H3,(H,24,25). The van der Waals surface area contributed by atoms with Crippen molar-refractivity contribution >= 4 is 28.7 Å². The highest BCUT2D eigenvalue weighted by Crippen LogP contribution is 2.19. The predicted octanol–water partition coefficient (Wildman–Crippen LogP) is 4.58. The molecular formula is C22H23N3O3S. The van der Waals surface area contributed by atoms with Crippen LogP contribution in [0.2, 0.25) is 0 Å². The van der Waals surface area contributed by atoms with Crippen molar-refractivity contribution in [2.24, 2.45) is 5.10 Å². The minimum atomic E-state index is -0.285. The van der Waals surface area contributed by atoms with E-state index in [2.05, 4.69) is 46.7 Å². The Morgan fingerprint density at radius 1 is 1.21 bits per heavy atom. The van der Waals surface area contributed by atoms with E-state index in [0.29, 0.717) is 24.0 Å². The number of rotatable bonds is 9. The number of nitrogens with one attached hydrogen (secondary N) is 1. The maximum Gasteiger partial charge on any atom is 0.311 e. The summed E-state index contributed by atoms with van der Waals surface area (Å²) >= 11 is 1.38. The molecule has 1 heterocycles. The van der Waals surface area contributed by atoms with Crippen molar-refractivity contribution in [3.63, 3.8) is 0 Å². The number of benzene rings is 2. The zero-order chi connectivity index (χ0) is 20.5. The van der Waals surface area contributed by atoms with Gasteiger partial charge in [0.15, 0.2) is 0 Å². The molecule has 7 heteroatoms. The molecule has 29 heavy (non-hydrogen) atoms. The third-order valence-electron chi connectivity index (χ3n) is 3.98. The van der Waals surface area contributed by atoms with Crippen LogP contribution < -0.4 is 10.2 Å². The topological polar surface area (TPSA) is 72.8 Å². The SMILES string of the molecule is CCOC(=O)Cc1csc(NN=Cc2ccccc2OCc2ccc(C)cc2)n1. The van der Waals surface area contributed by atoms with Gasteiger partial charge in [-0.25, -0.2) is 4.98 Å². The highest BCUT2D eigenvalue weighted by Gasteiger charge is 2.08. The molecule has 0 unspecified atom stereocenters. The number of carbonyl (C=O) groups excluding carboxylic acids is 1. The number of nitrogens with zero attached hydrogens (tertiary/aromatic N) is 2. The molecule has 0 aliphatic heterocycles. The molecule has 0 fully saturated rings. The summed E-state index contributed by atoms with van der Waals surface area (Å²) < 4.78 is 10.9. The van der Waals surface area contributed by atoms with Gasteiger partial charge < -0.3 is 9.47 Å². The van der Waals surface area contributed by atoms with E-state index in [9.17, 15) is 4.79 Å². The summed E-state index contributed by atoms with van der Waals surface area (Å²) in [5.41, 5.74) is 6.74. The number of thiazole rings is 1. The summed E-state index contributed by atoms with van der Waals surface area (Å²) in [6.07, 6.45) is 1.85. The third kappa shape index (κ3) is 6.43. The Hall–Kier alpha value is -3.19. The number of aryl methyl sites for hydroxylation is 1. The summed E-state index contributed by atoms with van der Waals surface area (Å²) in [7, 11) is 0. The number of aromatic nitrogens is 1. The molecule has 0 saturated heterocycles. The lowest BCUT2D eigenvalue weighted by atomic mass is 10.1. The van der Waals surface area contributed by atoms with Crippen LogP contribution in [0.4, 0.5) is 5.13 Å². The Bertz CT molecular complexity index is 967. The van der Waals surface area contributed by atoms with Gasteiger partial charge in [0, 0.05) is 10.9 Å². The van der Waals surface area contributed by atoms with Crippen molar-refractivity contribution in [1.82, 2.24) is 4.98 Å². The Morgan fingerprint density at radius 2 is 2.00 bits per heavy atom. The minimum Gasteiger partial charge on any atom is -0.488 e. The highest BCUT2D eigenvalue weighted by molar-refractivity contribution is 7.13. The second-order valence-electron chi connectivity index (χ2n) is 6.31. The van der Waals surface area contributed by atoms with Gasteiger partial charge in [0.2, 0.25) is 5.13 Å². The maximum atomic E-state index is 11.5. The number of hydrazone groups is 1. The number of ether oxygens (including phenoxy) is 2. The fourth-order valence-corrected chi connectivity index (χ4v) is 3.18. The molecule has 0 aliphatic rings. The van der Waals surface area contributed by atoms with Crippen LogP contribution in [-0.2, 0) is 22.6 Å². The lowest BCUT2D eigenvalue weighted by Gasteiger charge is -2.09. The first kappa shape index (κ1) is 20.5. The van der Waals surface area contributed by atoms with Crippen LogP contribution in [0.3, 0.4) is 0 Å². The zero-order valence-electron chi connectivity index (χ0n) is 16.4. The van der Waals surface area contributed by atoms with Gasteiger partial charge in [-0.2, -0.15) is 5.10 Å². The molecule has 150 valence electrons. The van der Waals surface area contributed by atoms with Gasteiger partial charge >= 0.3 is 5.97 Å². The van der Waals surface area contributed by atoms with Crippen molar-refractivity contribution < 1.29 is 14.3 Å². The summed E-state index contributed by atoms with van der Waals surface area (Å²) in [4.78, 5) is 15.8. The van der Waals surface area contributed by atoms with Crippen LogP contribution >= 0.6 is 11.3 Å². The molecule has 0 aliphatic carbocycles. The number of para-hydroxylation sites is 1. The van der Waals surface area contributed by atoms with E-state index in [1.165, 1.54) is 16.9 Å². The summed E-state index contributed by atoms with van der Waals surface area (Å²) in [5, 5.41) is 6.67. The van der Waals surface area contributed by atoms with Crippen molar-refractivity contribution in [2.75, 3.05) is 12.0 Å². The smallest absolute Gasteiger partial charge is 0.311 e. The second-order valence-corrected chi connectivity index (χ2v) is 7.17. The fraction of sp³-hybridized carbons (Fsp3) is 0.227. The number of carbonyl (C=O) groups is 1. The van der Waals surface area contributed by atoms with Gasteiger partial charge in [-0.1, -0.05) is 42.0 Å². The van der Waals surface area contributed by atoms with Gasteiger partial charge in [-0.3, -0.25) is 10.2 Å². The van der Waals surface area contributed by atoms with Crippen LogP contribution in [0, 0.1) is 6.92 Å². The third-order valence-corrected chi connectivity index (χ3v) is 4.78. The summed E-state index contributed by atoms with van der Waals surface area (Å²) in [6.45, 7) is 4.70. The molecular weight excluding hydrogens is 386 g/mol. The average Bonchev–Trinajstić information content (AvgIpc) is 3.15. The molecule has 0 atom stereocenters. The zero-order valence-corrected chi connectivity index (χ0v) is 17.2. The average molecular weight is 410 g/mol. The van der Waals surface area contributed by atoms with Crippen LogP contribution in [0.5, 0.6) is 5.75 Å². The van der Waals surface area contributed by atoms with E-state index >= 15 is 0 Å². The van der Waals surface area contributed by atoms with Crippen LogP contribution in [0.1, 0.15) is 29.3 Å². The second kappa shape index (κ2) is 10.4. The van der Waals surface area contributed by atoms with Crippen molar-refractivity contribution in [2.45, 2.75) is 26.9 Å². The van der Waals surface area contributed by atoms with E-state index in [1.54, 1.807) is 13.1 Å². The molecule has 0 saturated carbocycles. The Balaban J connectivity index is 1.57. The van der Waals surface area contributed by atoms with E-state index < -0.39 is 0 Å².